The van der Waals surface area contributed by atoms with Crippen LogP contribution in [0.5, 0.6) is 0 Å². The second-order valence-electron chi connectivity index (χ2n) is 7.03. The van der Waals surface area contributed by atoms with Gasteiger partial charge in [-0.1, -0.05) is 37.6 Å². The lowest BCUT2D eigenvalue weighted by Crippen LogP contribution is -2.10. The van der Waals surface area contributed by atoms with Crippen LogP contribution in [0.25, 0.3) is 15.9 Å². The third kappa shape index (κ3) is 3.55. The molecule has 0 spiro atoms. The predicted molar refractivity (Wildman–Crippen MR) is 117 cm³/mol. The molecule has 0 aliphatic carbocycles. The summed E-state index contributed by atoms with van der Waals surface area (Å²) in [6.07, 6.45) is 0. The summed E-state index contributed by atoms with van der Waals surface area (Å²) in [4.78, 5) is 14.4. The largest absolute Gasteiger partial charge is 0.321 e. The van der Waals surface area contributed by atoms with Crippen molar-refractivity contribution < 1.29 is 4.79 Å². The van der Waals surface area contributed by atoms with Crippen molar-refractivity contribution in [3.05, 3.63) is 75.8 Å². The molecule has 2 aromatic carbocycles. The van der Waals surface area contributed by atoms with E-state index in [1.807, 2.05) is 66.2 Å². The second-order valence-corrected chi connectivity index (χ2v) is 8.50. The first-order chi connectivity index (χ1) is 13.4. The van der Waals surface area contributed by atoms with Crippen molar-refractivity contribution in [2.24, 2.45) is 0 Å². The molecule has 0 atom stereocenters. The van der Waals surface area contributed by atoms with Gasteiger partial charge >= 0.3 is 0 Å². The van der Waals surface area contributed by atoms with Crippen LogP contribution in [0.2, 0.25) is 5.02 Å². The highest BCUT2D eigenvalue weighted by atomic mass is 35.5. The minimum atomic E-state index is -0.111. The average molecular weight is 410 g/mol. The lowest BCUT2D eigenvalue weighted by Gasteiger charge is -2.07. The Morgan fingerprint density at radius 1 is 1.11 bits per heavy atom. The number of nitrogens with zero attached hydrogens (tertiary/aromatic N) is 2. The molecule has 1 N–H and O–H groups in total. The fourth-order valence-corrected chi connectivity index (χ4v) is 4.26. The van der Waals surface area contributed by atoms with E-state index < -0.39 is 0 Å². The minimum Gasteiger partial charge on any atom is -0.321 e. The SMILES string of the molecule is Cc1nn(-c2ccc(Cl)cc2)c2sc(C(=O)Nc3ccc(C(C)C)cc3)cc12. The zero-order chi connectivity index (χ0) is 19.8. The summed E-state index contributed by atoms with van der Waals surface area (Å²) in [7, 11) is 0. The first-order valence-electron chi connectivity index (χ1n) is 9.09. The summed E-state index contributed by atoms with van der Waals surface area (Å²) in [6, 6.07) is 17.4. The molecule has 28 heavy (non-hydrogen) atoms. The first-order valence-corrected chi connectivity index (χ1v) is 10.3. The number of aromatic nitrogens is 2. The number of thiophene rings is 1. The van der Waals surface area contributed by atoms with Crippen LogP contribution in [0.15, 0.2) is 54.6 Å². The lowest BCUT2D eigenvalue weighted by molar-refractivity contribution is 0.103. The Morgan fingerprint density at radius 3 is 2.43 bits per heavy atom. The molecule has 0 saturated heterocycles. The number of nitrogens with one attached hydrogen (secondary N) is 1. The molecule has 2 heterocycles. The number of halogens is 1. The van der Waals surface area contributed by atoms with Crippen LogP contribution < -0.4 is 5.32 Å². The maximum absolute atomic E-state index is 12.8. The van der Waals surface area contributed by atoms with E-state index in [4.69, 9.17) is 11.6 Å². The molecular formula is C22H20ClN3OS. The van der Waals surface area contributed by atoms with Gasteiger partial charge < -0.3 is 5.32 Å². The van der Waals surface area contributed by atoms with E-state index in [9.17, 15) is 4.79 Å². The van der Waals surface area contributed by atoms with E-state index in [2.05, 4.69) is 24.3 Å². The third-order valence-corrected chi connectivity index (χ3v) is 6.04. The smallest absolute Gasteiger partial charge is 0.265 e. The number of rotatable bonds is 4. The van der Waals surface area contributed by atoms with Crippen LogP contribution in [-0.4, -0.2) is 15.7 Å². The zero-order valence-corrected chi connectivity index (χ0v) is 17.4. The maximum atomic E-state index is 12.8. The van der Waals surface area contributed by atoms with Crippen LogP contribution in [0.3, 0.4) is 0 Å². The van der Waals surface area contributed by atoms with E-state index in [0.29, 0.717) is 15.8 Å². The number of hydrogen-bond acceptors (Lipinski definition) is 3. The number of carbonyl (C=O) groups is 1. The van der Waals surface area contributed by atoms with Gasteiger partial charge in [-0.2, -0.15) is 5.10 Å². The van der Waals surface area contributed by atoms with Crippen LogP contribution >= 0.6 is 22.9 Å². The summed E-state index contributed by atoms with van der Waals surface area (Å²) in [5, 5.41) is 9.26. The Labute approximate surface area is 172 Å². The second kappa shape index (κ2) is 7.41. The van der Waals surface area contributed by atoms with Gasteiger partial charge in [-0.25, -0.2) is 4.68 Å². The van der Waals surface area contributed by atoms with Crippen molar-refractivity contribution >= 4 is 44.7 Å². The van der Waals surface area contributed by atoms with Gasteiger partial charge in [0.1, 0.15) is 4.83 Å². The number of benzene rings is 2. The average Bonchev–Trinajstić information content (AvgIpc) is 3.24. The van der Waals surface area contributed by atoms with Crippen LogP contribution in [0.4, 0.5) is 5.69 Å². The van der Waals surface area contributed by atoms with E-state index in [-0.39, 0.29) is 5.91 Å². The Morgan fingerprint density at radius 2 is 1.79 bits per heavy atom. The molecule has 2 aromatic heterocycles. The molecule has 6 heteroatoms. The number of fused-ring (bicyclic) bond motifs is 1. The summed E-state index contributed by atoms with van der Waals surface area (Å²) >= 11 is 7.43. The van der Waals surface area contributed by atoms with Gasteiger partial charge in [-0.05, 0) is 60.9 Å². The van der Waals surface area contributed by atoms with E-state index in [0.717, 1.165) is 27.3 Å². The lowest BCUT2D eigenvalue weighted by atomic mass is 10.0. The number of anilines is 1. The molecule has 0 aliphatic rings. The van der Waals surface area contributed by atoms with E-state index >= 15 is 0 Å². The van der Waals surface area contributed by atoms with Gasteiger partial charge in [-0.15, -0.1) is 11.3 Å². The highest BCUT2D eigenvalue weighted by Crippen LogP contribution is 2.31. The molecule has 0 fully saturated rings. The molecule has 4 aromatic rings. The highest BCUT2D eigenvalue weighted by Gasteiger charge is 2.17. The number of hydrogen-bond donors (Lipinski definition) is 1. The fourth-order valence-electron chi connectivity index (χ4n) is 3.06. The summed E-state index contributed by atoms with van der Waals surface area (Å²) in [5.74, 6) is 0.353. The predicted octanol–water partition coefficient (Wildman–Crippen LogP) is 6.42. The van der Waals surface area contributed by atoms with Gasteiger partial charge in [0.25, 0.3) is 5.91 Å². The first kappa shape index (κ1) is 18.7. The molecule has 142 valence electrons. The molecule has 0 bridgehead atoms. The monoisotopic (exact) mass is 409 g/mol. The molecular weight excluding hydrogens is 390 g/mol. The van der Waals surface area contributed by atoms with Gasteiger partial charge in [0.05, 0.1) is 16.3 Å². The van der Waals surface area contributed by atoms with E-state index in [1.54, 1.807) is 0 Å². The van der Waals surface area contributed by atoms with Gasteiger partial charge in [0, 0.05) is 16.1 Å². The molecule has 4 rings (SSSR count). The molecule has 0 unspecified atom stereocenters. The summed E-state index contributed by atoms with van der Waals surface area (Å²) in [6.45, 7) is 6.25. The fraction of sp³-hybridized carbons (Fsp3) is 0.182. The summed E-state index contributed by atoms with van der Waals surface area (Å²) in [5.41, 5.74) is 3.85. The molecule has 4 nitrogen and oxygen atoms in total. The van der Waals surface area contributed by atoms with Crippen molar-refractivity contribution in [1.82, 2.24) is 9.78 Å². The normalized spacial score (nSPS) is 11.3. The van der Waals surface area contributed by atoms with Gasteiger partial charge in [-0.3, -0.25) is 4.79 Å². The molecule has 0 saturated carbocycles. The Bertz CT molecular complexity index is 1140. The third-order valence-electron chi connectivity index (χ3n) is 4.67. The minimum absolute atomic E-state index is 0.111. The van der Waals surface area contributed by atoms with Crippen LogP contribution in [0, 0.1) is 6.92 Å². The number of carbonyl (C=O) groups excluding carboxylic acids is 1. The molecule has 1 amide bonds. The van der Waals surface area contributed by atoms with Gasteiger partial charge in [0.2, 0.25) is 0 Å². The number of amides is 1. The molecule has 0 radical (unpaired) electrons. The molecule has 0 aliphatic heterocycles. The standard InChI is InChI=1S/C22H20ClN3OS/c1-13(2)15-4-8-17(9-5-15)24-21(27)20-12-19-14(3)25-26(22(19)28-20)18-10-6-16(23)7-11-18/h4-13H,1-3H3,(H,24,27). The quantitative estimate of drug-likeness (QED) is 0.422. The van der Waals surface area contributed by atoms with E-state index in [1.165, 1.54) is 16.9 Å². The maximum Gasteiger partial charge on any atom is 0.265 e. The van der Waals surface area contributed by atoms with Crippen LogP contribution in [-0.2, 0) is 0 Å². The van der Waals surface area contributed by atoms with Crippen LogP contribution in [0.1, 0.15) is 40.7 Å². The van der Waals surface area contributed by atoms with Gasteiger partial charge in [0.15, 0.2) is 0 Å². The zero-order valence-electron chi connectivity index (χ0n) is 15.9. The Balaban J connectivity index is 1.63. The Hall–Kier alpha value is -2.63. The number of aryl methyl sites for hydroxylation is 1. The van der Waals surface area contributed by atoms with Crippen molar-refractivity contribution in [3.8, 4) is 5.69 Å². The Kier molecular flexibility index (Phi) is 4.96. The summed E-state index contributed by atoms with van der Waals surface area (Å²) < 4.78 is 1.86. The van der Waals surface area contributed by atoms with Crippen molar-refractivity contribution in [2.75, 3.05) is 5.32 Å². The van der Waals surface area contributed by atoms with Crippen molar-refractivity contribution in [3.63, 3.8) is 0 Å². The highest BCUT2D eigenvalue weighted by molar-refractivity contribution is 7.20. The van der Waals surface area contributed by atoms with Crippen molar-refractivity contribution in [2.45, 2.75) is 26.7 Å². The van der Waals surface area contributed by atoms with Crippen molar-refractivity contribution in [1.29, 1.82) is 0 Å². The topological polar surface area (TPSA) is 46.9 Å².